The van der Waals surface area contributed by atoms with E-state index in [2.05, 4.69) is 9.62 Å². The molecule has 2 atom stereocenters. The molecule has 2 N–H and O–H groups in total. The Morgan fingerprint density at radius 1 is 1.27 bits per heavy atom. The average Bonchev–Trinajstić information content (AvgIpc) is 3.26. The number of benzene rings is 2. The van der Waals surface area contributed by atoms with Crippen LogP contribution in [0.3, 0.4) is 0 Å². The Labute approximate surface area is 177 Å². The molecule has 0 saturated carbocycles. The fourth-order valence-electron chi connectivity index (χ4n) is 4.21. The summed E-state index contributed by atoms with van der Waals surface area (Å²) in [7, 11) is -1.49. The van der Waals surface area contributed by atoms with Crippen molar-refractivity contribution in [2.75, 3.05) is 31.4 Å². The number of sulfonamides is 1. The molecule has 1 unspecified atom stereocenters. The molecule has 0 spiro atoms. The number of carbonyl (C=O) groups is 1. The molecule has 160 valence electrons. The summed E-state index contributed by atoms with van der Waals surface area (Å²) in [5.41, 5.74) is 3.15. The van der Waals surface area contributed by atoms with Crippen molar-refractivity contribution in [1.29, 1.82) is 0 Å². The van der Waals surface area contributed by atoms with Crippen LogP contribution in [0, 0.1) is 0 Å². The number of rotatable bonds is 6. The minimum atomic E-state index is -3.31. The summed E-state index contributed by atoms with van der Waals surface area (Å²) in [4.78, 5) is 17.1. The number of nitrogens with zero attached hydrogens (tertiary/aromatic N) is 2. The Morgan fingerprint density at radius 3 is 2.73 bits per heavy atom. The maximum atomic E-state index is 13.1. The van der Waals surface area contributed by atoms with Crippen LogP contribution in [0.5, 0.6) is 0 Å². The van der Waals surface area contributed by atoms with Crippen molar-refractivity contribution in [2.24, 2.45) is 0 Å². The monoisotopic (exact) mass is 429 g/mol. The highest BCUT2D eigenvalue weighted by molar-refractivity contribution is 7.92. The zero-order chi connectivity index (χ0) is 21.3. The van der Waals surface area contributed by atoms with Crippen LogP contribution in [0.1, 0.15) is 29.2 Å². The van der Waals surface area contributed by atoms with Gasteiger partial charge in [0.25, 0.3) is 0 Å². The number of hydrogen-bond acceptors (Lipinski definition) is 5. The van der Waals surface area contributed by atoms with Crippen LogP contribution >= 0.6 is 0 Å². The molecular weight excluding hydrogens is 402 g/mol. The summed E-state index contributed by atoms with van der Waals surface area (Å²) in [5.74, 6) is -0.0817. The number of fused-ring (bicyclic) bond motifs is 1. The van der Waals surface area contributed by atoms with E-state index < -0.39 is 10.0 Å². The molecule has 2 aliphatic heterocycles. The highest BCUT2D eigenvalue weighted by Gasteiger charge is 2.29. The van der Waals surface area contributed by atoms with E-state index >= 15 is 0 Å². The number of aliphatic hydroxyl groups excluding tert-OH is 1. The highest BCUT2D eigenvalue weighted by atomic mass is 32.2. The lowest BCUT2D eigenvalue weighted by molar-refractivity contribution is -0.131. The maximum absolute atomic E-state index is 13.1. The minimum Gasteiger partial charge on any atom is -0.392 e. The highest BCUT2D eigenvalue weighted by Crippen LogP contribution is 2.29. The first kappa shape index (κ1) is 20.8. The first-order chi connectivity index (χ1) is 14.3. The lowest BCUT2D eigenvalue weighted by Crippen LogP contribution is -2.39. The largest absolute Gasteiger partial charge is 0.392 e. The fourth-order valence-corrected chi connectivity index (χ4v) is 5.46. The normalized spacial score (nSPS) is 21.1. The summed E-state index contributed by atoms with van der Waals surface area (Å²) in [6, 6.07) is 15.1. The molecule has 4 rings (SSSR count). The van der Waals surface area contributed by atoms with Gasteiger partial charge in [0, 0.05) is 26.7 Å². The van der Waals surface area contributed by atoms with Crippen LogP contribution in [-0.4, -0.2) is 62.0 Å². The van der Waals surface area contributed by atoms with E-state index in [1.807, 2.05) is 37.4 Å². The van der Waals surface area contributed by atoms with Crippen LogP contribution in [0.4, 0.5) is 5.69 Å². The Bertz CT molecular complexity index is 1030. The van der Waals surface area contributed by atoms with E-state index in [4.69, 9.17) is 0 Å². The lowest BCUT2D eigenvalue weighted by Gasteiger charge is -2.32. The second kappa shape index (κ2) is 8.37. The Balaban J connectivity index is 1.50. The molecule has 0 bridgehead atoms. The van der Waals surface area contributed by atoms with Gasteiger partial charge in [0.1, 0.15) is 0 Å². The summed E-state index contributed by atoms with van der Waals surface area (Å²) in [5, 5.41) is 9.87. The lowest BCUT2D eigenvalue weighted by atomic mass is 10.0. The van der Waals surface area contributed by atoms with Crippen molar-refractivity contribution in [3.63, 3.8) is 0 Å². The molecule has 2 aromatic rings. The number of hydrogen-bond donors (Lipinski definition) is 2. The number of nitrogens with one attached hydrogen (secondary N) is 1. The summed E-state index contributed by atoms with van der Waals surface area (Å²) < 4.78 is 26.0. The van der Waals surface area contributed by atoms with Crippen molar-refractivity contribution < 1.29 is 18.3 Å². The molecule has 0 aliphatic carbocycles. The zero-order valence-electron chi connectivity index (χ0n) is 17.0. The van der Waals surface area contributed by atoms with Gasteiger partial charge >= 0.3 is 0 Å². The van der Waals surface area contributed by atoms with Gasteiger partial charge in [0.05, 0.1) is 30.0 Å². The van der Waals surface area contributed by atoms with Crippen molar-refractivity contribution >= 4 is 21.6 Å². The van der Waals surface area contributed by atoms with Gasteiger partial charge in [-0.2, -0.15) is 0 Å². The number of anilines is 1. The quantitative estimate of drug-likeness (QED) is 0.730. The van der Waals surface area contributed by atoms with E-state index in [-0.39, 0.29) is 30.2 Å². The Hall–Kier alpha value is -2.42. The topological polar surface area (TPSA) is 90.0 Å². The van der Waals surface area contributed by atoms with E-state index in [0.717, 1.165) is 24.1 Å². The standard InChI is InChI=1S/C22H27N3O4S/c1-24(21(17-5-3-2-4-6-17)14-25-10-9-19(26)13-25)22(27)12-16-7-8-20-18(11-16)15-30(28,29)23-20/h2-8,11,19,21,23,26H,9-10,12-15H2,1H3/t19-,21?/m0/s1. The summed E-state index contributed by atoms with van der Waals surface area (Å²) >= 11 is 0. The smallest absolute Gasteiger partial charge is 0.237 e. The molecule has 0 radical (unpaired) electrons. The van der Waals surface area contributed by atoms with E-state index in [9.17, 15) is 18.3 Å². The average molecular weight is 430 g/mol. The first-order valence-corrected chi connectivity index (χ1v) is 11.8. The third-order valence-electron chi connectivity index (χ3n) is 5.86. The van der Waals surface area contributed by atoms with Gasteiger partial charge < -0.3 is 10.0 Å². The number of likely N-dealkylation sites (N-methyl/N-ethyl adjacent to an activating group) is 1. The first-order valence-electron chi connectivity index (χ1n) is 10.1. The minimum absolute atomic E-state index is 0.0302. The molecule has 2 aromatic carbocycles. The summed E-state index contributed by atoms with van der Waals surface area (Å²) in [6.07, 6.45) is 0.653. The van der Waals surface area contributed by atoms with Crippen molar-refractivity contribution in [2.45, 2.75) is 30.7 Å². The molecule has 1 amide bonds. The third-order valence-corrected chi connectivity index (χ3v) is 7.08. The van der Waals surface area contributed by atoms with Crippen LogP contribution in [0.2, 0.25) is 0 Å². The van der Waals surface area contributed by atoms with Gasteiger partial charge in [-0.1, -0.05) is 42.5 Å². The molecule has 7 nitrogen and oxygen atoms in total. The number of amides is 1. The molecular formula is C22H27N3O4S. The van der Waals surface area contributed by atoms with Gasteiger partial charge in [-0.15, -0.1) is 0 Å². The molecule has 1 fully saturated rings. The number of β-amino-alcohol motifs (C(OH)–C–C–N with tert-alkyl or cyclic N) is 1. The Kier molecular flexibility index (Phi) is 5.81. The van der Waals surface area contributed by atoms with Crippen molar-refractivity contribution in [1.82, 2.24) is 9.80 Å². The second-order valence-electron chi connectivity index (χ2n) is 8.16. The maximum Gasteiger partial charge on any atom is 0.237 e. The zero-order valence-corrected chi connectivity index (χ0v) is 17.8. The van der Waals surface area contributed by atoms with Crippen LogP contribution in [-0.2, 0) is 27.0 Å². The SMILES string of the molecule is CN(C(=O)Cc1ccc2c(c1)CS(=O)(=O)N2)C(CN1CC[C@H](O)C1)c1ccccc1. The number of aliphatic hydroxyl groups is 1. The van der Waals surface area contributed by atoms with Gasteiger partial charge in [-0.05, 0) is 29.2 Å². The van der Waals surface area contributed by atoms with Gasteiger partial charge in [-0.25, -0.2) is 8.42 Å². The van der Waals surface area contributed by atoms with Crippen LogP contribution in [0.25, 0.3) is 0 Å². The molecule has 2 aliphatic rings. The molecule has 30 heavy (non-hydrogen) atoms. The van der Waals surface area contributed by atoms with Crippen molar-refractivity contribution in [3.05, 3.63) is 65.2 Å². The second-order valence-corrected chi connectivity index (χ2v) is 9.88. The summed E-state index contributed by atoms with van der Waals surface area (Å²) in [6.45, 7) is 2.10. The van der Waals surface area contributed by atoms with Gasteiger partial charge in [0.15, 0.2) is 0 Å². The number of likely N-dealkylation sites (tertiary alicyclic amines) is 1. The predicted molar refractivity (Wildman–Crippen MR) is 115 cm³/mol. The van der Waals surface area contributed by atoms with E-state index in [1.54, 1.807) is 23.1 Å². The predicted octanol–water partition coefficient (Wildman–Crippen LogP) is 1.75. The number of carbonyl (C=O) groups excluding carboxylic acids is 1. The van der Waals surface area contributed by atoms with Gasteiger partial charge in [0.2, 0.25) is 15.9 Å². The van der Waals surface area contributed by atoms with Gasteiger partial charge in [-0.3, -0.25) is 14.4 Å². The molecule has 2 heterocycles. The molecule has 0 aromatic heterocycles. The molecule has 1 saturated heterocycles. The Morgan fingerprint density at radius 2 is 2.03 bits per heavy atom. The molecule has 8 heteroatoms. The van der Waals surface area contributed by atoms with E-state index in [1.165, 1.54) is 0 Å². The third kappa shape index (κ3) is 4.66. The van der Waals surface area contributed by atoms with Crippen LogP contribution < -0.4 is 4.72 Å². The van der Waals surface area contributed by atoms with E-state index in [0.29, 0.717) is 24.3 Å². The van der Waals surface area contributed by atoms with Crippen molar-refractivity contribution in [3.8, 4) is 0 Å². The van der Waals surface area contributed by atoms with Crippen LogP contribution in [0.15, 0.2) is 48.5 Å². The fraction of sp³-hybridized carbons (Fsp3) is 0.409.